The predicted molar refractivity (Wildman–Crippen MR) is 108 cm³/mol. The number of sulfone groups is 1. The summed E-state index contributed by atoms with van der Waals surface area (Å²) < 4.78 is 38.6. The maximum absolute atomic E-state index is 13.7. The first-order valence-electron chi connectivity index (χ1n) is 9.24. The van der Waals surface area contributed by atoms with Crippen molar-refractivity contribution in [1.82, 2.24) is 0 Å². The third kappa shape index (κ3) is 3.85. The van der Waals surface area contributed by atoms with Crippen molar-refractivity contribution in [2.75, 3.05) is 0 Å². The Morgan fingerprint density at radius 2 is 1.86 bits per heavy atom. The molecule has 1 saturated heterocycles. The molecule has 1 heterocycles. The number of aryl methyl sites for hydroxylation is 1. The zero-order chi connectivity index (χ0) is 21.2. The minimum Gasteiger partial charge on any atom is -0.453 e. The van der Waals surface area contributed by atoms with Gasteiger partial charge in [-0.05, 0) is 31.0 Å². The highest BCUT2D eigenvalue weighted by atomic mass is 32.2. The largest absolute Gasteiger partial charge is 0.453 e. The van der Waals surface area contributed by atoms with Gasteiger partial charge in [0.05, 0.1) is 11.0 Å². The average molecular weight is 416 g/mol. The van der Waals surface area contributed by atoms with Gasteiger partial charge in [0, 0.05) is 6.92 Å². The Kier molecular flexibility index (Phi) is 5.93. The van der Waals surface area contributed by atoms with Gasteiger partial charge in [-0.2, -0.15) is 0 Å². The summed E-state index contributed by atoms with van der Waals surface area (Å²) in [4.78, 5) is 9.96. The van der Waals surface area contributed by atoms with Crippen LogP contribution in [-0.4, -0.2) is 36.6 Å². The number of carbonyl (C=O) groups is 1. The normalized spacial score (nSPS) is 23.1. The minimum absolute atomic E-state index is 0.0319. The first-order chi connectivity index (χ1) is 13.7. The van der Waals surface area contributed by atoms with E-state index >= 15 is 0 Å². The number of benzene rings is 2. The standard InChI is InChI=1S/C22H24O6S/c1-4-8-19(24)21-22(28-21,29(25,26)18-13-11-15(2)12-14-18)20(27-16(3)23)17-9-6-5-7-10-17/h4-7,9-14,19-21,24H,1,8H2,2-3H3/t19-,20+,21-,22-/m0/s1. The van der Waals surface area contributed by atoms with Gasteiger partial charge < -0.3 is 14.6 Å². The fourth-order valence-electron chi connectivity index (χ4n) is 3.45. The number of epoxide rings is 1. The molecule has 7 heteroatoms. The second-order valence-corrected chi connectivity index (χ2v) is 9.18. The van der Waals surface area contributed by atoms with E-state index < -0.39 is 39.1 Å². The SMILES string of the molecule is C=CC[C@H](O)[C@@H]1O[C@@]1([C@H](OC(C)=O)c1ccccc1)S(=O)(=O)c1ccc(C)cc1. The van der Waals surface area contributed by atoms with Gasteiger partial charge in [-0.25, -0.2) is 8.42 Å². The highest BCUT2D eigenvalue weighted by molar-refractivity contribution is 7.93. The molecule has 4 atom stereocenters. The minimum atomic E-state index is -4.14. The lowest BCUT2D eigenvalue weighted by Crippen LogP contribution is -2.40. The molecule has 0 unspecified atom stereocenters. The van der Waals surface area contributed by atoms with Crippen molar-refractivity contribution in [3.63, 3.8) is 0 Å². The van der Waals surface area contributed by atoms with Gasteiger partial charge in [-0.15, -0.1) is 6.58 Å². The smallest absolute Gasteiger partial charge is 0.303 e. The number of aliphatic hydroxyl groups is 1. The molecule has 0 aliphatic carbocycles. The van der Waals surface area contributed by atoms with Gasteiger partial charge >= 0.3 is 5.97 Å². The molecule has 0 bridgehead atoms. The highest BCUT2D eigenvalue weighted by Crippen LogP contribution is 2.56. The topological polar surface area (TPSA) is 93.2 Å². The molecule has 1 N–H and O–H groups in total. The fraction of sp³-hybridized carbons (Fsp3) is 0.318. The quantitative estimate of drug-likeness (QED) is 0.404. The molecule has 2 aromatic rings. The first-order valence-corrected chi connectivity index (χ1v) is 10.7. The van der Waals surface area contributed by atoms with Crippen LogP contribution < -0.4 is 0 Å². The van der Waals surface area contributed by atoms with Gasteiger partial charge in [0.2, 0.25) is 14.8 Å². The fourth-order valence-corrected chi connectivity index (χ4v) is 5.47. The lowest BCUT2D eigenvalue weighted by molar-refractivity contribution is -0.148. The Balaban J connectivity index is 2.17. The second-order valence-electron chi connectivity index (χ2n) is 7.07. The second kappa shape index (κ2) is 8.10. The van der Waals surface area contributed by atoms with Crippen LogP contribution in [0.2, 0.25) is 0 Å². The molecule has 6 nitrogen and oxygen atoms in total. The van der Waals surface area contributed by atoms with Gasteiger partial charge in [0.15, 0.2) is 6.10 Å². The molecule has 154 valence electrons. The van der Waals surface area contributed by atoms with E-state index in [-0.39, 0.29) is 11.3 Å². The van der Waals surface area contributed by atoms with Crippen LogP contribution in [-0.2, 0) is 24.1 Å². The number of esters is 1. The summed E-state index contributed by atoms with van der Waals surface area (Å²) in [6, 6.07) is 14.9. The highest BCUT2D eigenvalue weighted by Gasteiger charge is 2.74. The van der Waals surface area contributed by atoms with Gasteiger partial charge in [0.1, 0.15) is 6.10 Å². The lowest BCUT2D eigenvalue weighted by Gasteiger charge is -2.26. The Hall–Kier alpha value is -2.48. The summed E-state index contributed by atoms with van der Waals surface area (Å²) in [6.07, 6.45) is -1.81. The monoisotopic (exact) mass is 416 g/mol. The van der Waals surface area contributed by atoms with Crippen molar-refractivity contribution in [1.29, 1.82) is 0 Å². The van der Waals surface area contributed by atoms with Crippen LogP contribution in [0.5, 0.6) is 0 Å². The number of aliphatic hydroxyl groups excluding tert-OH is 1. The van der Waals surface area contributed by atoms with Crippen LogP contribution in [0, 0.1) is 6.92 Å². The lowest BCUT2D eigenvalue weighted by atomic mass is 10.0. The maximum Gasteiger partial charge on any atom is 0.303 e. The van der Waals surface area contributed by atoms with E-state index in [0.717, 1.165) is 5.56 Å². The Morgan fingerprint density at radius 3 is 2.41 bits per heavy atom. The average Bonchev–Trinajstić information content (AvgIpc) is 3.45. The maximum atomic E-state index is 13.7. The third-order valence-corrected chi connectivity index (χ3v) is 7.19. The van der Waals surface area contributed by atoms with Crippen LogP contribution in [0.1, 0.15) is 30.6 Å². The zero-order valence-electron chi connectivity index (χ0n) is 16.3. The molecule has 3 rings (SSSR count). The van der Waals surface area contributed by atoms with E-state index in [1.54, 1.807) is 42.5 Å². The molecule has 0 aromatic heterocycles. The van der Waals surface area contributed by atoms with Crippen molar-refractivity contribution in [2.45, 2.75) is 48.4 Å². The van der Waals surface area contributed by atoms with Crippen molar-refractivity contribution >= 4 is 15.8 Å². The van der Waals surface area contributed by atoms with E-state index in [0.29, 0.717) is 5.56 Å². The number of hydrogen-bond donors (Lipinski definition) is 1. The summed E-state index contributed by atoms with van der Waals surface area (Å²) in [5.41, 5.74) is 1.37. The van der Waals surface area contributed by atoms with E-state index in [4.69, 9.17) is 9.47 Å². The van der Waals surface area contributed by atoms with E-state index in [1.807, 2.05) is 6.92 Å². The van der Waals surface area contributed by atoms with E-state index in [2.05, 4.69) is 6.58 Å². The van der Waals surface area contributed by atoms with Crippen LogP contribution in [0.15, 0.2) is 72.1 Å². The summed E-state index contributed by atoms with van der Waals surface area (Å²) in [6.45, 7) is 6.65. The molecule has 29 heavy (non-hydrogen) atoms. The Labute approximate surface area is 170 Å². The van der Waals surface area contributed by atoms with Gasteiger partial charge in [-0.3, -0.25) is 4.79 Å². The number of carbonyl (C=O) groups excluding carboxylic acids is 1. The number of hydrogen-bond acceptors (Lipinski definition) is 6. The molecule has 0 amide bonds. The zero-order valence-corrected chi connectivity index (χ0v) is 17.1. The van der Waals surface area contributed by atoms with Crippen LogP contribution in [0.4, 0.5) is 0 Å². The van der Waals surface area contributed by atoms with Gasteiger partial charge in [-0.1, -0.05) is 54.1 Å². The molecule has 1 aliphatic heterocycles. The molecule has 0 spiro atoms. The van der Waals surface area contributed by atoms with E-state index in [1.165, 1.54) is 25.1 Å². The molecule has 1 fully saturated rings. The number of rotatable bonds is 8. The summed E-state index contributed by atoms with van der Waals surface area (Å²) in [5.74, 6) is -0.648. The van der Waals surface area contributed by atoms with E-state index in [9.17, 15) is 18.3 Å². The third-order valence-electron chi connectivity index (χ3n) is 4.91. The molecular weight excluding hydrogens is 392 g/mol. The van der Waals surface area contributed by atoms with Crippen molar-refractivity contribution < 1.29 is 27.8 Å². The number of ether oxygens (including phenoxy) is 2. The summed E-state index contributed by atoms with van der Waals surface area (Å²) in [7, 11) is -4.14. The molecular formula is C22H24O6S. The van der Waals surface area contributed by atoms with Crippen LogP contribution in [0.25, 0.3) is 0 Å². The molecule has 0 radical (unpaired) electrons. The Morgan fingerprint density at radius 1 is 1.24 bits per heavy atom. The van der Waals surface area contributed by atoms with Crippen molar-refractivity contribution in [3.8, 4) is 0 Å². The predicted octanol–water partition coefficient (Wildman–Crippen LogP) is 3.11. The summed E-state index contributed by atoms with van der Waals surface area (Å²) in [5, 5.41) is 10.5. The Bertz CT molecular complexity index is 984. The van der Waals surface area contributed by atoms with Crippen LogP contribution in [0.3, 0.4) is 0 Å². The molecule has 1 aliphatic rings. The molecule has 2 aromatic carbocycles. The van der Waals surface area contributed by atoms with Crippen LogP contribution >= 0.6 is 0 Å². The van der Waals surface area contributed by atoms with Crippen molar-refractivity contribution in [3.05, 3.63) is 78.4 Å². The first kappa shape index (κ1) is 21.2. The molecule has 0 saturated carbocycles. The van der Waals surface area contributed by atoms with Gasteiger partial charge in [0.25, 0.3) is 0 Å². The van der Waals surface area contributed by atoms with Crippen molar-refractivity contribution in [2.24, 2.45) is 0 Å². The summed E-state index contributed by atoms with van der Waals surface area (Å²) >= 11 is 0.